The number of amides is 1. The minimum atomic E-state index is -3.67. The largest absolute Gasteiger partial charge is 0.306 e. The van der Waals surface area contributed by atoms with E-state index in [1.54, 1.807) is 30.3 Å². The zero-order chi connectivity index (χ0) is 27.0. The van der Waals surface area contributed by atoms with Crippen molar-refractivity contribution in [1.29, 1.82) is 0 Å². The van der Waals surface area contributed by atoms with Gasteiger partial charge in [-0.3, -0.25) is 9.78 Å². The Labute approximate surface area is 229 Å². The van der Waals surface area contributed by atoms with Crippen LogP contribution in [0.3, 0.4) is 0 Å². The molecule has 1 saturated carbocycles. The van der Waals surface area contributed by atoms with Crippen LogP contribution in [0, 0.1) is 12.8 Å². The van der Waals surface area contributed by atoms with Gasteiger partial charge in [0, 0.05) is 23.3 Å². The highest BCUT2D eigenvalue weighted by Crippen LogP contribution is 2.49. The number of pyridine rings is 1. The van der Waals surface area contributed by atoms with Crippen molar-refractivity contribution in [2.45, 2.75) is 49.6 Å². The van der Waals surface area contributed by atoms with Crippen LogP contribution in [-0.4, -0.2) is 19.3 Å². The van der Waals surface area contributed by atoms with E-state index in [9.17, 15) is 13.2 Å². The van der Waals surface area contributed by atoms with E-state index in [0.717, 1.165) is 41.0 Å². The van der Waals surface area contributed by atoms with Gasteiger partial charge >= 0.3 is 0 Å². The third-order valence-electron chi connectivity index (χ3n) is 7.74. The number of hydrogen-bond donors (Lipinski definition) is 1. The maximum atomic E-state index is 14.0. The maximum absolute atomic E-state index is 14.0. The molecule has 0 saturated heterocycles. The van der Waals surface area contributed by atoms with Gasteiger partial charge in [0.15, 0.2) is 0 Å². The molecule has 6 rings (SSSR count). The number of benzene rings is 3. The van der Waals surface area contributed by atoms with Crippen LogP contribution >= 0.6 is 0 Å². The van der Waals surface area contributed by atoms with Crippen molar-refractivity contribution in [2.75, 3.05) is 4.90 Å². The van der Waals surface area contributed by atoms with Gasteiger partial charge in [0.1, 0.15) is 0 Å². The molecule has 0 unspecified atom stereocenters. The molecule has 3 atom stereocenters. The van der Waals surface area contributed by atoms with Crippen molar-refractivity contribution in [3.63, 3.8) is 0 Å². The van der Waals surface area contributed by atoms with Crippen molar-refractivity contribution >= 4 is 21.6 Å². The Bertz CT molecular complexity index is 1610. The molecule has 2 aliphatic rings. The van der Waals surface area contributed by atoms with Crippen molar-refractivity contribution in [3.05, 3.63) is 125 Å². The molecule has 2 aliphatic carbocycles. The summed E-state index contributed by atoms with van der Waals surface area (Å²) in [6.07, 6.45) is 2.28. The Kier molecular flexibility index (Phi) is 6.79. The lowest BCUT2D eigenvalue weighted by molar-refractivity contribution is -0.120. The fraction of sp³-hybridized carbons (Fsp3) is 0.250. The van der Waals surface area contributed by atoms with Crippen LogP contribution < -0.4 is 9.62 Å². The quantitative estimate of drug-likeness (QED) is 0.313. The molecule has 1 heterocycles. The Morgan fingerprint density at radius 1 is 0.949 bits per heavy atom. The second kappa shape index (κ2) is 10.4. The summed E-state index contributed by atoms with van der Waals surface area (Å²) in [5.41, 5.74) is 5.71. The molecular formula is C32H31N3O3S. The molecule has 1 fully saturated rings. The molecule has 3 aromatic carbocycles. The number of aromatic nitrogens is 1. The number of fused-ring (bicyclic) bond motifs is 1. The highest BCUT2D eigenvalue weighted by molar-refractivity contribution is 7.89. The third-order valence-corrected chi connectivity index (χ3v) is 9.22. The second-order valence-corrected chi connectivity index (χ2v) is 12.2. The SMILES string of the molecule is Cc1cccc(CN(C(=O)[C@@H]2C[C@@H]2c2ccccc2)c2ccc3c(c2)[C@@H](NS(=O)(=O)c2ccccc2)CC3)n1. The van der Waals surface area contributed by atoms with Gasteiger partial charge in [0.2, 0.25) is 15.9 Å². The summed E-state index contributed by atoms with van der Waals surface area (Å²) < 4.78 is 29.1. The van der Waals surface area contributed by atoms with Crippen LogP contribution in [0.15, 0.2) is 102 Å². The van der Waals surface area contributed by atoms with E-state index >= 15 is 0 Å². The number of carbonyl (C=O) groups is 1. The summed E-state index contributed by atoms with van der Waals surface area (Å²) in [6.45, 7) is 2.30. The van der Waals surface area contributed by atoms with Crippen molar-refractivity contribution in [1.82, 2.24) is 9.71 Å². The topological polar surface area (TPSA) is 79.4 Å². The number of hydrogen-bond acceptors (Lipinski definition) is 4. The number of aryl methyl sites for hydroxylation is 2. The molecule has 6 nitrogen and oxygen atoms in total. The Hall–Kier alpha value is -3.81. The van der Waals surface area contributed by atoms with Gasteiger partial charge in [-0.2, -0.15) is 0 Å². The minimum Gasteiger partial charge on any atom is -0.306 e. The van der Waals surface area contributed by atoms with E-state index in [4.69, 9.17) is 0 Å². The van der Waals surface area contributed by atoms with Crippen LogP contribution in [-0.2, 0) is 27.8 Å². The number of anilines is 1. The fourth-order valence-corrected chi connectivity index (χ4v) is 6.89. The molecule has 1 amide bonds. The van der Waals surface area contributed by atoms with Gasteiger partial charge in [0.05, 0.1) is 17.1 Å². The molecule has 7 heteroatoms. The van der Waals surface area contributed by atoms with Gasteiger partial charge in [0.25, 0.3) is 0 Å². The van der Waals surface area contributed by atoms with Crippen LogP contribution in [0.4, 0.5) is 5.69 Å². The van der Waals surface area contributed by atoms with E-state index in [0.29, 0.717) is 13.0 Å². The zero-order valence-electron chi connectivity index (χ0n) is 21.8. The van der Waals surface area contributed by atoms with E-state index in [1.165, 1.54) is 5.56 Å². The summed E-state index contributed by atoms with van der Waals surface area (Å²) in [6, 6.07) is 30.1. The summed E-state index contributed by atoms with van der Waals surface area (Å²) in [4.78, 5) is 20.7. The summed E-state index contributed by atoms with van der Waals surface area (Å²) in [5, 5.41) is 0. The lowest BCUT2D eigenvalue weighted by atomic mass is 10.1. The Balaban J connectivity index is 1.30. The lowest BCUT2D eigenvalue weighted by Crippen LogP contribution is -2.33. The average Bonchev–Trinajstić information content (AvgIpc) is 3.67. The molecule has 0 aliphatic heterocycles. The van der Waals surface area contributed by atoms with Crippen LogP contribution in [0.2, 0.25) is 0 Å². The highest BCUT2D eigenvalue weighted by Gasteiger charge is 2.46. The maximum Gasteiger partial charge on any atom is 0.241 e. The zero-order valence-corrected chi connectivity index (χ0v) is 22.6. The number of rotatable bonds is 8. The van der Waals surface area contributed by atoms with Crippen LogP contribution in [0.5, 0.6) is 0 Å². The van der Waals surface area contributed by atoms with Gasteiger partial charge in [-0.25, -0.2) is 13.1 Å². The van der Waals surface area contributed by atoms with E-state index in [1.807, 2.05) is 66.4 Å². The number of sulfonamides is 1. The minimum absolute atomic E-state index is 0.0755. The molecule has 0 bridgehead atoms. The first-order valence-electron chi connectivity index (χ1n) is 13.4. The normalized spacial score (nSPS) is 19.9. The lowest BCUT2D eigenvalue weighted by Gasteiger charge is -2.25. The van der Waals surface area contributed by atoms with Crippen LogP contribution in [0.1, 0.15) is 52.9 Å². The summed E-state index contributed by atoms with van der Waals surface area (Å²) in [5.74, 6) is 0.205. The average molecular weight is 538 g/mol. The van der Waals surface area contributed by atoms with Crippen molar-refractivity contribution < 1.29 is 13.2 Å². The number of nitrogens with one attached hydrogen (secondary N) is 1. The third kappa shape index (κ3) is 5.37. The molecule has 1 aromatic heterocycles. The molecule has 4 aromatic rings. The van der Waals surface area contributed by atoms with E-state index in [2.05, 4.69) is 21.8 Å². The van der Waals surface area contributed by atoms with Crippen molar-refractivity contribution in [3.8, 4) is 0 Å². The second-order valence-electron chi connectivity index (χ2n) is 10.5. The van der Waals surface area contributed by atoms with Gasteiger partial charge < -0.3 is 4.90 Å². The van der Waals surface area contributed by atoms with Gasteiger partial charge in [-0.15, -0.1) is 0 Å². The smallest absolute Gasteiger partial charge is 0.241 e. The first kappa shape index (κ1) is 25.5. The monoisotopic (exact) mass is 537 g/mol. The first-order valence-corrected chi connectivity index (χ1v) is 14.9. The molecule has 39 heavy (non-hydrogen) atoms. The van der Waals surface area contributed by atoms with Gasteiger partial charge in [-0.05, 0) is 85.2 Å². The fourth-order valence-electron chi connectivity index (χ4n) is 5.62. The summed E-state index contributed by atoms with van der Waals surface area (Å²) >= 11 is 0. The Morgan fingerprint density at radius 3 is 2.44 bits per heavy atom. The summed E-state index contributed by atoms with van der Waals surface area (Å²) in [7, 11) is -3.67. The molecular weight excluding hydrogens is 506 g/mol. The predicted molar refractivity (Wildman–Crippen MR) is 152 cm³/mol. The van der Waals surface area contributed by atoms with E-state index < -0.39 is 10.0 Å². The molecule has 1 N–H and O–H groups in total. The van der Waals surface area contributed by atoms with E-state index in [-0.39, 0.29) is 28.7 Å². The number of nitrogens with zero attached hydrogens (tertiary/aromatic N) is 2. The predicted octanol–water partition coefficient (Wildman–Crippen LogP) is 5.69. The molecule has 0 radical (unpaired) electrons. The number of carbonyl (C=O) groups excluding carboxylic acids is 1. The highest BCUT2D eigenvalue weighted by atomic mass is 32.2. The molecule has 198 valence electrons. The van der Waals surface area contributed by atoms with Gasteiger partial charge in [-0.1, -0.05) is 60.7 Å². The van der Waals surface area contributed by atoms with Crippen LogP contribution in [0.25, 0.3) is 0 Å². The van der Waals surface area contributed by atoms with Crippen molar-refractivity contribution in [2.24, 2.45) is 5.92 Å². The molecule has 0 spiro atoms. The Morgan fingerprint density at radius 2 is 1.69 bits per heavy atom. The first-order chi connectivity index (χ1) is 18.9. The standard InChI is InChI=1S/C32H31N3O3S/c1-22-9-8-12-25(33-22)21-35(32(36)30-20-28(30)23-10-4-2-5-11-23)26-17-15-24-16-18-31(29(24)19-26)34-39(37,38)27-13-6-3-7-14-27/h2-15,17,19,28,30-31,34H,16,18,20-21H2,1H3/t28-,30-,31+/m1/s1.